The van der Waals surface area contributed by atoms with Crippen LogP contribution in [-0.2, 0) is 10.0 Å². The van der Waals surface area contributed by atoms with Crippen LogP contribution in [0.25, 0.3) is 10.2 Å². The minimum Gasteiger partial charge on any atom is -0.345 e. The molecule has 0 saturated carbocycles. The molecule has 2 heterocycles. The maximum Gasteiger partial charge on any atom is 0.243 e. The van der Waals surface area contributed by atoms with Gasteiger partial charge in [-0.05, 0) is 48.9 Å². The number of rotatable bonds is 3. The minimum absolute atomic E-state index is 0.269. The summed E-state index contributed by atoms with van der Waals surface area (Å²) in [7, 11) is -3.51. The zero-order valence-corrected chi connectivity index (χ0v) is 17.7. The van der Waals surface area contributed by atoms with Crippen molar-refractivity contribution in [3.05, 3.63) is 52.0 Å². The summed E-state index contributed by atoms with van der Waals surface area (Å²) in [4.78, 5) is 7.13. The standard InChI is InChI=1S/C18H17Cl2N3O2S2/c1-12-15(20)6-7-16-17(12)21-18(26-16)22-8-10-23(11-9-22)27(24,25)14-4-2-13(19)3-5-14/h2-7H,8-11H2,1H3. The first-order chi connectivity index (χ1) is 12.9. The van der Waals surface area contributed by atoms with E-state index in [0.29, 0.717) is 36.2 Å². The van der Waals surface area contributed by atoms with E-state index in [1.54, 1.807) is 35.6 Å². The van der Waals surface area contributed by atoms with Gasteiger partial charge in [0.15, 0.2) is 5.13 Å². The molecule has 4 rings (SSSR count). The van der Waals surface area contributed by atoms with E-state index in [1.807, 2.05) is 19.1 Å². The molecular formula is C18H17Cl2N3O2S2. The van der Waals surface area contributed by atoms with Gasteiger partial charge < -0.3 is 4.90 Å². The highest BCUT2D eigenvalue weighted by Crippen LogP contribution is 2.34. The average Bonchev–Trinajstić information content (AvgIpc) is 3.10. The van der Waals surface area contributed by atoms with Crippen LogP contribution in [0, 0.1) is 6.92 Å². The second-order valence-corrected chi connectivity index (χ2v) is 10.2. The molecule has 1 fully saturated rings. The molecule has 0 spiro atoms. The van der Waals surface area contributed by atoms with E-state index in [4.69, 9.17) is 28.2 Å². The number of nitrogens with zero attached hydrogens (tertiary/aromatic N) is 3. The first-order valence-electron chi connectivity index (χ1n) is 8.42. The van der Waals surface area contributed by atoms with Crippen molar-refractivity contribution in [2.45, 2.75) is 11.8 Å². The lowest BCUT2D eigenvalue weighted by molar-refractivity contribution is 0.385. The Labute approximate surface area is 172 Å². The SMILES string of the molecule is Cc1c(Cl)ccc2sc(N3CCN(S(=O)(=O)c4ccc(Cl)cc4)CC3)nc12. The Kier molecular flexibility index (Phi) is 5.07. The largest absolute Gasteiger partial charge is 0.345 e. The number of halogens is 2. The van der Waals surface area contributed by atoms with E-state index >= 15 is 0 Å². The van der Waals surface area contributed by atoms with Gasteiger partial charge in [0.25, 0.3) is 0 Å². The summed E-state index contributed by atoms with van der Waals surface area (Å²) >= 11 is 13.7. The van der Waals surface area contributed by atoms with Crippen LogP contribution in [0.2, 0.25) is 10.0 Å². The predicted octanol–water partition coefficient (Wildman–Crippen LogP) is 4.42. The van der Waals surface area contributed by atoms with Crippen LogP contribution in [0.5, 0.6) is 0 Å². The topological polar surface area (TPSA) is 53.5 Å². The molecule has 0 bridgehead atoms. The van der Waals surface area contributed by atoms with Gasteiger partial charge in [-0.25, -0.2) is 13.4 Å². The summed E-state index contributed by atoms with van der Waals surface area (Å²) in [6.07, 6.45) is 0. The smallest absolute Gasteiger partial charge is 0.243 e. The van der Waals surface area contributed by atoms with Gasteiger partial charge in [-0.2, -0.15) is 4.31 Å². The van der Waals surface area contributed by atoms with Crippen molar-refractivity contribution in [1.29, 1.82) is 0 Å². The number of thiazole rings is 1. The summed E-state index contributed by atoms with van der Waals surface area (Å²) in [6, 6.07) is 10.2. The molecule has 0 N–H and O–H groups in total. The van der Waals surface area contributed by atoms with Crippen LogP contribution in [0.4, 0.5) is 5.13 Å². The van der Waals surface area contributed by atoms with Crippen LogP contribution in [-0.4, -0.2) is 43.9 Å². The number of anilines is 1. The van der Waals surface area contributed by atoms with E-state index in [0.717, 1.165) is 20.9 Å². The highest BCUT2D eigenvalue weighted by molar-refractivity contribution is 7.89. The van der Waals surface area contributed by atoms with E-state index in [9.17, 15) is 8.42 Å². The summed E-state index contributed by atoms with van der Waals surface area (Å²) in [5.41, 5.74) is 1.89. The molecule has 5 nitrogen and oxygen atoms in total. The lowest BCUT2D eigenvalue weighted by atomic mass is 10.2. The maximum absolute atomic E-state index is 12.8. The number of hydrogen-bond acceptors (Lipinski definition) is 5. The van der Waals surface area contributed by atoms with Gasteiger partial charge >= 0.3 is 0 Å². The second-order valence-electron chi connectivity index (χ2n) is 6.36. The van der Waals surface area contributed by atoms with E-state index in [-0.39, 0.29) is 4.90 Å². The van der Waals surface area contributed by atoms with Gasteiger partial charge in [0, 0.05) is 36.2 Å². The number of aryl methyl sites for hydroxylation is 1. The Balaban J connectivity index is 1.52. The Morgan fingerprint density at radius 3 is 2.33 bits per heavy atom. The number of piperazine rings is 1. The molecular weight excluding hydrogens is 425 g/mol. The quantitative estimate of drug-likeness (QED) is 0.603. The molecule has 1 aliphatic heterocycles. The van der Waals surface area contributed by atoms with Crippen LogP contribution >= 0.6 is 34.5 Å². The van der Waals surface area contributed by atoms with Gasteiger partial charge in [-0.15, -0.1) is 0 Å². The Hall–Kier alpha value is -1.38. The molecule has 0 amide bonds. The molecule has 9 heteroatoms. The van der Waals surface area contributed by atoms with Gasteiger partial charge in [0.1, 0.15) is 0 Å². The highest BCUT2D eigenvalue weighted by atomic mass is 35.5. The Morgan fingerprint density at radius 2 is 1.67 bits per heavy atom. The Morgan fingerprint density at radius 1 is 1.00 bits per heavy atom. The zero-order chi connectivity index (χ0) is 19.2. The molecule has 27 heavy (non-hydrogen) atoms. The molecule has 2 aromatic carbocycles. The third-order valence-corrected chi connectivity index (χ3v) is 8.35. The van der Waals surface area contributed by atoms with Crippen LogP contribution in [0.15, 0.2) is 41.3 Å². The van der Waals surface area contributed by atoms with Gasteiger partial charge in [0.2, 0.25) is 10.0 Å². The molecule has 0 radical (unpaired) electrons. The van der Waals surface area contributed by atoms with E-state index in [2.05, 4.69) is 4.90 Å². The van der Waals surface area contributed by atoms with Crippen LogP contribution < -0.4 is 4.90 Å². The first-order valence-corrected chi connectivity index (χ1v) is 11.4. The summed E-state index contributed by atoms with van der Waals surface area (Å²) in [5.74, 6) is 0. The normalized spacial score (nSPS) is 16.2. The molecule has 142 valence electrons. The average molecular weight is 442 g/mol. The van der Waals surface area contributed by atoms with Crippen molar-refractivity contribution >= 4 is 59.9 Å². The van der Waals surface area contributed by atoms with Crippen molar-refractivity contribution in [3.63, 3.8) is 0 Å². The molecule has 3 aromatic rings. The summed E-state index contributed by atoms with van der Waals surface area (Å²) in [5, 5.41) is 2.13. The monoisotopic (exact) mass is 441 g/mol. The number of hydrogen-bond donors (Lipinski definition) is 0. The molecule has 1 saturated heterocycles. The van der Waals surface area contributed by atoms with E-state index < -0.39 is 10.0 Å². The second kappa shape index (κ2) is 7.22. The van der Waals surface area contributed by atoms with Gasteiger partial charge in [0.05, 0.1) is 15.1 Å². The van der Waals surface area contributed by atoms with Gasteiger partial charge in [-0.3, -0.25) is 0 Å². The number of aromatic nitrogens is 1. The number of fused-ring (bicyclic) bond motifs is 1. The fourth-order valence-corrected chi connectivity index (χ4v) is 5.88. The molecule has 0 unspecified atom stereocenters. The van der Waals surface area contributed by atoms with Crippen molar-refractivity contribution in [2.24, 2.45) is 0 Å². The number of sulfonamides is 1. The molecule has 0 aliphatic carbocycles. The third-order valence-electron chi connectivity index (χ3n) is 4.70. The maximum atomic E-state index is 12.8. The first kappa shape index (κ1) is 19.0. The fraction of sp³-hybridized carbons (Fsp3) is 0.278. The Bertz CT molecular complexity index is 1090. The highest BCUT2D eigenvalue weighted by Gasteiger charge is 2.29. The van der Waals surface area contributed by atoms with Crippen molar-refractivity contribution in [2.75, 3.05) is 31.1 Å². The molecule has 1 aromatic heterocycles. The molecule has 0 atom stereocenters. The van der Waals surface area contributed by atoms with Crippen LogP contribution in [0.3, 0.4) is 0 Å². The van der Waals surface area contributed by atoms with Crippen molar-refractivity contribution in [3.8, 4) is 0 Å². The van der Waals surface area contributed by atoms with Crippen LogP contribution in [0.1, 0.15) is 5.56 Å². The lowest BCUT2D eigenvalue weighted by Gasteiger charge is -2.33. The summed E-state index contributed by atoms with van der Waals surface area (Å²) in [6.45, 7) is 3.99. The van der Waals surface area contributed by atoms with Crippen molar-refractivity contribution < 1.29 is 8.42 Å². The minimum atomic E-state index is -3.51. The molecule has 1 aliphatic rings. The zero-order valence-electron chi connectivity index (χ0n) is 14.5. The summed E-state index contributed by atoms with van der Waals surface area (Å²) < 4.78 is 28.2. The number of benzene rings is 2. The van der Waals surface area contributed by atoms with Gasteiger partial charge in [-0.1, -0.05) is 34.5 Å². The lowest BCUT2D eigenvalue weighted by Crippen LogP contribution is -2.48. The van der Waals surface area contributed by atoms with Crippen molar-refractivity contribution in [1.82, 2.24) is 9.29 Å². The van der Waals surface area contributed by atoms with E-state index in [1.165, 1.54) is 4.31 Å². The predicted molar refractivity (Wildman–Crippen MR) is 112 cm³/mol. The fourth-order valence-electron chi connectivity index (χ4n) is 3.10. The third kappa shape index (κ3) is 3.54.